The second kappa shape index (κ2) is 17.4. The molecule has 4 aromatic rings. The zero-order chi connectivity index (χ0) is 39.6. The normalized spacial score (nSPS) is 15.9. The quantitative estimate of drug-likeness (QED) is 0.168. The van der Waals surface area contributed by atoms with E-state index in [0.29, 0.717) is 17.7 Å². The number of hydrogen-bond donors (Lipinski definition) is 5. The van der Waals surface area contributed by atoms with Gasteiger partial charge < -0.3 is 31.3 Å². The number of nitrogens with zero attached hydrogens (tertiary/aromatic N) is 6. The van der Waals surface area contributed by atoms with Crippen molar-refractivity contribution in [3.63, 3.8) is 0 Å². The summed E-state index contributed by atoms with van der Waals surface area (Å²) in [6.45, 7) is 2.99. The van der Waals surface area contributed by atoms with Gasteiger partial charge in [0.05, 0.1) is 29.3 Å². The average Bonchev–Trinajstić information content (AvgIpc) is 3.44. The molecule has 1 saturated heterocycles. The first-order chi connectivity index (χ1) is 23.9. The number of carboxylic acids is 3. The van der Waals surface area contributed by atoms with Gasteiger partial charge in [-0.15, -0.1) is 0 Å². The van der Waals surface area contributed by atoms with Crippen LogP contribution in [0.4, 0.5) is 61.2 Å². The van der Waals surface area contributed by atoms with Crippen LogP contribution in [0.5, 0.6) is 0 Å². The number of fused-ring (bicyclic) bond motifs is 1. The van der Waals surface area contributed by atoms with E-state index in [9.17, 15) is 43.9 Å². The number of alkyl halides is 9. The number of anilines is 3. The number of nitrogens with one attached hydrogen (secondary N) is 1. The van der Waals surface area contributed by atoms with E-state index in [1.807, 2.05) is 12.1 Å². The fourth-order valence-electron chi connectivity index (χ4n) is 3.99. The number of hydrogen-bond acceptors (Lipinski definition) is 10. The van der Waals surface area contributed by atoms with E-state index in [0.717, 1.165) is 36.3 Å². The molecule has 1 aliphatic rings. The maximum absolute atomic E-state index is 14.2. The summed E-state index contributed by atoms with van der Waals surface area (Å²) >= 11 is 0. The highest BCUT2D eigenvalue weighted by atomic mass is 19.4. The van der Waals surface area contributed by atoms with E-state index in [1.54, 1.807) is 41.4 Å². The Bertz CT molecular complexity index is 1780. The van der Waals surface area contributed by atoms with Crippen molar-refractivity contribution in [2.24, 2.45) is 5.73 Å². The van der Waals surface area contributed by atoms with Crippen molar-refractivity contribution in [2.45, 2.75) is 50.4 Å². The van der Waals surface area contributed by atoms with Crippen LogP contribution in [0.3, 0.4) is 0 Å². The smallest absolute Gasteiger partial charge is 0.475 e. The summed E-state index contributed by atoms with van der Waals surface area (Å²) in [4.78, 5) is 41.9. The third kappa shape index (κ3) is 12.5. The van der Waals surface area contributed by atoms with Crippen LogP contribution in [-0.4, -0.2) is 95.0 Å². The minimum Gasteiger partial charge on any atom is -0.475 e. The van der Waals surface area contributed by atoms with Gasteiger partial charge in [0.2, 0.25) is 5.95 Å². The fraction of sp³-hybridized carbons (Fsp3) is 0.321. The molecule has 0 saturated carbocycles. The van der Waals surface area contributed by atoms with Gasteiger partial charge in [0.15, 0.2) is 5.82 Å². The van der Waals surface area contributed by atoms with Crippen LogP contribution in [-0.2, 0) is 14.4 Å². The van der Waals surface area contributed by atoms with Gasteiger partial charge >= 0.3 is 36.4 Å². The summed E-state index contributed by atoms with van der Waals surface area (Å²) in [5, 5.41) is 29.3. The summed E-state index contributed by atoms with van der Waals surface area (Å²) in [6, 6.07) is 8.99. The average molecular weight is 761 g/mol. The van der Waals surface area contributed by atoms with Gasteiger partial charge in [0.1, 0.15) is 11.4 Å². The Morgan fingerprint density at radius 2 is 1.38 bits per heavy atom. The minimum atomic E-state index is -5.08. The summed E-state index contributed by atoms with van der Waals surface area (Å²) in [5.74, 6) is -8.18. The molecule has 6 N–H and O–H groups in total. The SMILES string of the molecule is C[C@@H]1CC[C@H](N)CN1c1ccncc1Nc1ncc2ccc(-c3ncccc3F)nn12.O=C(O)C(F)(F)F.O=C(O)C(F)(F)F.O=C(O)C(F)(F)F. The number of rotatable bonds is 4. The molecule has 24 heteroatoms. The predicted octanol–water partition coefficient (Wildman–Crippen LogP) is 5.28. The monoisotopic (exact) mass is 760 g/mol. The molecule has 0 bridgehead atoms. The fourth-order valence-corrected chi connectivity index (χ4v) is 3.99. The second-order valence-electron chi connectivity index (χ2n) is 10.2. The minimum absolute atomic E-state index is 0.141. The molecular formula is C28H26F10N8O6. The highest BCUT2D eigenvalue weighted by Gasteiger charge is 2.39. The Balaban J connectivity index is 0.000000365. The molecule has 1 fully saturated rings. The Morgan fingerprint density at radius 3 is 1.90 bits per heavy atom. The third-order valence-corrected chi connectivity index (χ3v) is 6.39. The molecule has 1 aliphatic heterocycles. The highest BCUT2D eigenvalue weighted by Crippen LogP contribution is 2.32. The van der Waals surface area contributed by atoms with Crippen LogP contribution < -0.4 is 16.0 Å². The molecule has 0 amide bonds. The Morgan fingerprint density at radius 1 is 0.827 bits per heavy atom. The molecule has 4 aromatic heterocycles. The van der Waals surface area contributed by atoms with Crippen molar-refractivity contribution in [1.82, 2.24) is 24.6 Å². The van der Waals surface area contributed by atoms with Crippen LogP contribution >= 0.6 is 0 Å². The lowest BCUT2D eigenvalue weighted by atomic mass is 9.99. The zero-order valence-corrected chi connectivity index (χ0v) is 26.1. The summed E-state index contributed by atoms with van der Waals surface area (Å²) < 4.78 is 111. The first kappa shape index (κ1) is 42.4. The highest BCUT2D eigenvalue weighted by molar-refractivity contribution is 5.75. The number of pyridine rings is 2. The van der Waals surface area contributed by atoms with E-state index < -0.39 is 42.3 Å². The number of aromatic nitrogens is 5. The van der Waals surface area contributed by atoms with Crippen molar-refractivity contribution in [3.8, 4) is 11.4 Å². The molecule has 14 nitrogen and oxygen atoms in total. The Hall–Kier alpha value is -5.81. The van der Waals surface area contributed by atoms with Crippen molar-refractivity contribution in [3.05, 3.63) is 60.9 Å². The van der Waals surface area contributed by atoms with E-state index in [4.69, 9.17) is 35.4 Å². The van der Waals surface area contributed by atoms with Crippen LogP contribution in [0, 0.1) is 5.82 Å². The van der Waals surface area contributed by atoms with E-state index in [1.165, 1.54) is 6.07 Å². The van der Waals surface area contributed by atoms with Gasteiger partial charge in [-0.25, -0.2) is 23.8 Å². The Labute approximate surface area is 284 Å². The third-order valence-electron chi connectivity index (χ3n) is 6.39. The van der Waals surface area contributed by atoms with Gasteiger partial charge in [-0.2, -0.15) is 49.1 Å². The van der Waals surface area contributed by atoms with Gasteiger partial charge in [-0.3, -0.25) is 9.97 Å². The number of nitrogens with two attached hydrogens (primary N) is 1. The molecular weight excluding hydrogens is 734 g/mol. The predicted molar refractivity (Wildman–Crippen MR) is 159 cm³/mol. The van der Waals surface area contributed by atoms with Gasteiger partial charge in [-0.1, -0.05) is 0 Å². The maximum atomic E-state index is 14.2. The molecule has 0 spiro atoms. The lowest BCUT2D eigenvalue weighted by Crippen LogP contribution is -2.47. The lowest BCUT2D eigenvalue weighted by Gasteiger charge is -2.39. The number of carbonyl (C=O) groups is 3. The van der Waals surface area contributed by atoms with Crippen LogP contribution in [0.2, 0.25) is 0 Å². The van der Waals surface area contributed by atoms with Crippen LogP contribution in [0.15, 0.2) is 55.1 Å². The van der Waals surface area contributed by atoms with Crippen LogP contribution in [0.1, 0.15) is 19.8 Å². The van der Waals surface area contributed by atoms with Crippen molar-refractivity contribution >= 4 is 40.7 Å². The maximum Gasteiger partial charge on any atom is 0.490 e. The van der Waals surface area contributed by atoms with E-state index >= 15 is 0 Å². The standard InChI is InChI=1S/C22H23FN8.3C2HF3O2/c1-14-4-5-15(24)13-30(14)20-8-10-25-12-19(20)28-22-27-11-16-6-7-18(29-31(16)22)21-17(23)3-2-9-26-21;3*3-2(4,5)1(6)7/h2-3,6-12,14-15H,4-5,13,24H2,1H3,(H,27,28);3*(H,6,7)/t14-,15+;;;/m1.../s1. The van der Waals surface area contributed by atoms with Crippen molar-refractivity contribution in [1.29, 1.82) is 0 Å². The molecule has 52 heavy (non-hydrogen) atoms. The molecule has 2 atom stereocenters. The second-order valence-corrected chi connectivity index (χ2v) is 10.2. The number of carboxylic acid groups (broad SMARTS) is 3. The Kier molecular flexibility index (Phi) is 14.2. The number of piperidine rings is 1. The van der Waals surface area contributed by atoms with Crippen molar-refractivity contribution in [2.75, 3.05) is 16.8 Å². The molecule has 284 valence electrons. The summed E-state index contributed by atoms with van der Waals surface area (Å²) in [5.41, 5.74) is 9.46. The largest absolute Gasteiger partial charge is 0.490 e. The molecule has 0 radical (unpaired) electrons. The molecule has 5 rings (SSSR count). The molecule has 5 heterocycles. The number of halogens is 10. The van der Waals surface area contributed by atoms with E-state index in [-0.39, 0.29) is 11.7 Å². The topological polar surface area (TPSA) is 209 Å². The molecule has 0 unspecified atom stereocenters. The summed E-state index contributed by atoms with van der Waals surface area (Å²) in [6.07, 6.45) is -6.39. The zero-order valence-electron chi connectivity index (χ0n) is 26.1. The molecule has 0 aromatic carbocycles. The number of imidazole rings is 1. The first-order valence-electron chi connectivity index (χ1n) is 14.0. The number of aliphatic carboxylic acids is 3. The van der Waals surface area contributed by atoms with Crippen LogP contribution in [0.25, 0.3) is 16.9 Å². The van der Waals surface area contributed by atoms with Gasteiger partial charge in [0, 0.05) is 31.0 Å². The summed E-state index contributed by atoms with van der Waals surface area (Å²) in [7, 11) is 0. The lowest BCUT2D eigenvalue weighted by molar-refractivity contribution is -0.193. The van der Waals surface area contributed by atoms with E-state index in [2.05, 4.69) is 37.2 Å². The molecule has 0 aliphatic carbocycles. The van der Waals surface area contributed by atoms with Crippen molar-refractivity contribution < 1.29 is 73.6 Å². The van der Waals surface area contributed by atoms with Gasteiger partial charge in [-0.05, 0) is 50.1 Å². The first-order valence-corrected chi connectivity index (χ1v) is 14.0. The van der Waals surface area contributed by atoms with Gasteiger partial charge in [0.25, 0.3) is 0 Å².